The third kappa shape index (κ3) is 5.41. The Morgan fingerprint density at radius 3 is 2.43 bits per heavy atom. The molecule has 6 nitrogen and oxygen atoms in total. The van der Waals surface area contributed by atoms with Crippen LogP contribution in [0.3, 0.4) is 0 Å². The van der Waals surface area contributed by atoms with Crippen molar-refractivity contribution in [3.8, 4) is 11.5 Å². The van der Waals surface area contributed by atoms with Crippen LogP contribution in [0.5, 0.6) is 11.5 Å². The molecule has 0 aliphatic heterocycles. The second-order valence-corrected chi connectivity index (χ2v) is 5.89. The van der Waals surface area contributed by atoms with Gasteiger partial charge in [-0.3, -0.25) is 4.79 Å². The van der Waals surface area contributed by atoms with E-state index in [1.165, 1.54) is 0 Å². The van der Waals surface area contributed by atoms with Crippen LogP contribution in [-0.4, -0.2) is 44.4 Å². The quantitative estimate of drug-likeness (QED) is 0.713. The molecule has 128 valence electrons. The molecule has 1 amide bonds. The van der Waals surface area contributed by atoms with E-state index in [-0.39, 0.29) is 24.5 Å². The van der Waals surface area contributed by atoms with Crippen LogP contribution in [0.15, 0.2) is 18.2 Å². The van der Waals surface area contributed by atoms with Crippen molar-refractivity contribution < 1.29 is 19.4 Å². The van der Waals surface area contributed by atoms with Gasteiger partial charge in [0.05, 0.1) is 26.9 Å². The Labute approximate surface area is 137 Å². The third-order valence-electron chi connectivity index (χ3n) is 4.20. The standard InChI is InChI=1S/C17H26N2O4/c1-22-14-7-13(8-15(9-14)23-2)19-17(21)11-18-10-12-5-3-4-6-16(12)20/h7-9,12,16,18,20H,3-6,10-11H2,1-2H3,(H,19,21)/t12-,16-/m0/s1. The van der Waals surface area contributed by atoms with Crippen molar-refractivity contribution in [2.45, 2.75) is 31.8 Å². The molecule has 3 N–H and O–H groups in total. The van der Waals surface area contributed by atoms with Gasteiger partial charge in [-0.05, 0) is 18.8 Å². The Morgan fingerprint density at radius 1 is 1.17 bits per heavy atom. The van der Waals surface area contributed by atoms with E-state index in [1.54, 1.807) is 32.4 Å². The molecule has 2 rings (SSSR count). The Bertz CT molecular complexity index is 499. The van der Waals surface area contributed by atoms with E-state index in [9.17, 15) is 9.90 Å². The fraction of sp³-hybridized carbons (Fsp3) is 0.588. The molecular weight excluding hydrogens is 296 g/mol. The van der Waals surface area contributed by atoms with Crippen molar-refractivity contribution in [2.24, 2.45) is 5.92 Å². The van der Waals surface area contributed by atoms with E-state index in [1.807, 2.05) is 0 Å². The Hall–Kier alpha value is -1.79. The number of nitrogens with one attached hydrogen (secondary N) is 2. The summed E-state index contributed by atoms with van der Waals surface area (Å²) >= 11 is 0. The van der Waals surface area contributed by atoms with Gasteiger partial charge in [0.2, 0.25) is 5.91 Å². The van der Waals surface area contributed by atoms with E-state index >= 15 is 0 Å². The first-order valence-corrected chi connectivity index (χ1v) is 8.04. The third-order valence-corrected chi connectivity index (χ3v) is 4.20. The van der Waals surface area contributed by atoms with Gasteiger partial charge in [0, 0.05) is 30.4 Å². The average Bonchev–Trinajstić information content (AvgIpc) is 2.56. The number of aliphatic hydroxyl groups is 1. The summed E-state index contributed by atoms with van der Waals surface area (Å²) in [6.07, 6.45) is 3.88. The van der Waals surface area contributed by atoms with Crippen molar-refractivity contribution in [1.82, 2.24) is 5.32 Å². The van der Waals surface area contributed by atoms with Gasteiger partial charge in [0.15, 0.2) is 0 Å². The van der Waals surface area contributed by atoms with Crippen LogP contribution >= 0.6 is 0 Å². The monoisotopic (exact) mass is 322 g/mol. The molecule has 0 heterocycles. The lowest BCUT2D eigenvalue weighted by molar-refractivity contribution is -0.115. The molecule has 0 bridgehead atoms. The lowest BCUT2D eigenvalue weighted by Gasteiger charge is -2.27. The molecular formula is C17H26N2O4. The van der Waals surface area contributed by atoms with Crippen LogP contribution in [0.2, 0.25) is 0 Å². The SMILES string of the molecule is COc1cc(NC(=O)CNC[C@@H]2CCCC[C@@H]2O)cc(OC)c1. The summed E-state index contributed by atoms with van der Waals surface area (Å²) in [4.78, 5) is 12.0. The smallest absolute Gasteiger partial charge is 0.238 e. The van der Waals surface area contributed by atoms with E-state index in [4.69, 9.17) is 9.47 Å². The minimum Gasteiger partial charge on any atom is -0.497 e. The molecule has 0 spiro atoms. The van der Waals surface area contributed by atoms with Crippen molar-refractivity contribution in [2.75, 3.05) is 32.6 Å². The highest BCUT2D eigenvalue weighted by molar-refractivity contribution is 5.92. The van der Waals surface area contributed by atoms with Gasteiger partial charge < -0.3 is 25.2 Å². The molecule has 1 saturated carbocycles. The van der Waals surface area contributed by atoms with Crippen LogP contribution < -0.4 is 20.1 Å². The lowest BCUT2D eigenvalue weighted by atomic mass is 9.86. The molecule has 2 atom stereocenters. The minimum atomic E-state index is -0.248. The summed E-state index contributed by atoms with van der Waals surface area (Å²) in [6, 6.07) is 5.23. The first-order chi connectivity index (χ1) is 11.1. The highest BCUT2D eigenvalue weighted by atomic mass is 16.5. The predicted octanol–water partition coefficient (Wildman–Crippen LogP) is 1.78. The molecule has 1 fully saturated rings. The number of methoxy groups -OCH3 is 2. The molecule has 0 radical (unpaired) electrons. The van der Waals surface area contributed by atoms with Crippen LogP contribution in [0.25, 0.3) is 0 Å². The maximum Gasteiger partial charge on any atom is 0.238 e. The van der Waals surface area contributed by atoms with Gasteiger partial charge in [-0.2, -0.15) is 0 Å². The van der Waals surface area contributed by atoms with Crippen LogP contribution in [0, 0.1) is 5.92 Å². The highest BCUT2D eigenvalue weighted by Crippen LogP contribution is 2.26. The van der Waals surface area contributed by atoms with Gasteiger partial charge in [-0.15, -0.1) is 0 Å². The fourth-order valence-electron chi connectivity index (χ4n) is 2.88. The fourth-order valence-corrected chi connectivity index (χ4v) is 2.88. The predicted molar refractivity (Wildman–Crippen MR) is 89.0 cm³/mol. The number of ether oxygens (including phenoxy) is 2. The zero-order chi connectivity index (χ0) is 16.7. The highest BCUT2D eigenvalue weighted by Gasteiger charge is 2.22. The number of hydrogen-bond acceptors (Lipinski definition) is 5. The molecule has 6 heteroatoms. The maximum atomic E-state index is 12.0. The number of hydrogen-bond donors (Lipinski definition) is 3. The Kier molecular flexibility index (Phi) is 6.67. The first kappa shape index (κ1) is 17.6. The van der Waals surface area contributed by atoms with Gasteiger partial charge >= 0.3 is 0 Å². The van der Waals surface area contributed by atoms with Gasteiger partial charge in [0.1, 0.15) is 11.5 Å². The number of amides is 1. The molecule has 1 aliphatic carbocycles. The lowest BCUT2D eigenvalue weighted by Crippen LogP contribution is -2.37. The zero-order valence-corrected chi connectivity index (χ0v) is 13.8. The number of carbonyl (C=O) groups is 1. The average molecular weight is 322 g/mol. The summed E-state index contributed by atoms with van der Waals surface area (Å²) in [7, 11) is 3.13. The van der Waals surface area contributed by atoms with Crippen LogP contribution in [0.4, 0.5) is 5.69 Å². The molecule has 0 saturated heterocycles. The molecule has 0 unspecified atom stereocenters. The molecule has 23 heavy (non-hydrogen) atoms. The number of rotatable bonds is 7. The molecule has 0 aromatic heterocycles. The largest absolute Gasteiger partial charge is 0.497 e. The van der Waals surface area contributed by atoms with Crippen molar-refractivity contribution in [1.29, 1.82) is 0 Å². The zero-order valence-electron chi connectivity index (χ0n) is 13.8. The number of anilines is 1. The summed E-state index contributed by atoms with van der Waals surface area (Å²) < 4.78 is 10.4. The summed E-state index contributed by atoms with van der Waals surface area (Å²) in [6.45, 7) is 0.874. The Balaban J connectivity index is 1.80. The van der Waals surface area contributed by atoms with E-state index in [2.05, 4.69) is 10.6 Å². The van der Waals surface area contributed by atoms with E-state index in [0.717, 1.165) is 25.7 Å². The topological polar surface area (TPSA) is 79.8 Å². The number of benzene rings is 1. The van der Waals surface area contributed by atoms with E-state index < -0.39 is 0 Å². The summed E-state index contributed by atoms with van der Waals surface area (Å²) in [5.74, 6) is 1.36. The van der Waals surface area contributed by atoms with E-state index in [0.29, 0.717) is 23.7 Å². The summed E-state index contributed by atoms with van der Waals surface area (Å²) in [5, 5.41) is 15.9. The minimum absolute atomic E-state index is 0.134. The normalized spacial score (nSPS) is 20.8. The Morgan fingerprint density at radius 2 is 1.83 bits per heavy atom. The second kappa shape index (κ2) is 8.74. The van der Waals surface area contributed by atoms with Crippen molar-refractivity contribution >= 4 is 11.6 Å². The van der Waals surface area contributed by atoms with Crippen LogP contribution in [-0.2, 0) is 4.79 Å². The van der Waals surface area contributed by atoms with Crippen molar-refractivity contribution in [3.05, 3.63) is 18.2 Å². The van der Waals surface area contributed by atoms with Crippen LogP contribution in [0.1, 0.15) is 25.7 Å². The number of carbonyl (C=O) groups excluding carboxylic acids is 1. The second-order valence-electron chi connectivity index (χ2n) is 5.89. The van der Waals surface area contributed by atoms with Gasteiger partial charge in [-0.25, -0.2) is 0 Å². The first-order valence-electron chi connectivity index (χ1n) is 8.04. The molecule has 1 aromatic carbocycles. The van der Waals surface area contributed by atoms with Gasteiger partial charge in [-0.1, -0.05) is 12.8 Å². The summed E-state index contributed by atoms with van der Waals surface area (Å²) in [5.41, 5.74) is 0.630. The van der Waals surface area contributed by atoms with Gasteiger partial charge in [0.25, 0.3) is 0 Å². The molecule has 1 aromatic rings. The molecule has 1 aliphatic rings. The van der Waals surface area contributed by atoms with Crippen molar-refractivity contribution in [3.63, 3.8) is 0 Å². The maximum absolute atomic E-state index is 12.0. The number of aliphatic hydroxyl groups excluding tert-OH is 1.